The highest BCUT2D eigenvalue weighted by Crippen LogP contribution is 2.31. The molecule has 0 aromatic heterocycles. The summed E-state index contributed by atoms with van der Waals surface area (Å²) < 4.78 is 5.73. The van der Waals surface area contributed by atoms with Crippen LogP contribution >= 0.6 is 0 Å². The van der Waals surface area contributed by atoms with E-state index in [1.165, 1.54) is 11.1 Å². The second-order valence-corrected chi connectivity index (χ2v) is 7.47. The van der Waals surface area contributed by atoms with Crippen molar-refractivity contribution in [3.05, 3.63) is 65.7 Å². The molecule has 6 nitrogen and oxygen atoms in total. The van der Waals surface area contributed by atoms with Crippen LogP contribution in [0.2, 0.25) is 0 Å². The Morgan fingerprint density at radius 3 is 2.70 bits per heavy atom. The Kier molecular flexibility index (Phi) is 8.72. The van der Waals surface area contributed by atoms with Gasteiger partial charge in [0.05, 0.1) is 6.61 Å². The maximum atomic E-state index is 12.0. The molecule has 160 valence electrons. The van der Waals surface area contributed by atoms with Crippen molar-refractivity contribution >= 4 is 17.6 Å². The molecular formula is C24H32N4O2. The number of rotatable bonds is 10. The van der Waals surface area contributed by atoms with Gasteiger partial charge >= 0.3 is 0 Å². The van der Waals surface area contributed by atoms with Crippen molar-refractivity contribution in [2.45, 2.75) is 31.6 Å². The van der Waals surface area contributed by atoms with E-state index in [1.54, 1.807) is 7.05 Å². The number of benzene rings is 2. The van der Waals surface area contributed by atoms with Crippen LogP contribution in [0.5, 0.6) is 0 Å². The largest absolute Gasteiger partial charge is 0.381 e. The fraction of sp³-hybridized carbons (Fsp3) is 0.417. The Hall–Kier alpha value is -2.86. The van der Waals surface area contributed by atoms with Crippen molar-refractivity contribution in [1.29, 1.82) is 0 Å². The molecule has 3 rings (SSSR count). The van der Waals surface area contributed by atoms with E-state index in [2.05, 4.69) is 51.3 Å². The Morgan fingerprint density at radius 1 is 1.07 bits per heavy atom. The third kappa shape index (κ3) is 6.88. The number of para-hydroxylation sites is 1. The van der Waals surface area contributed by atoms with Gasteiger partial charge in [-0.2, -0.15) is 0 Å². The SMILES string of the molecule is CN=C(NCCCCOCCc1ccccc1)NCC1CC(=O)Nc2ccccc21. The van der Waals surface area contributed by atoms with Crippen LogP contribution in [0.3, 0.4) is 0 Å². The maximum absolute atomic E-state index is 12.0. The molecule has 0 bridgehead atoms. The number of hydrogen-bond acceptors (Lipinski definition) is 3. The van der Waals surface area contributed by atoms with Gasteiger partial charge in [-0.05, 0) is 36.5 Å². The second kappa shape index (κ2) is 12.0. The number of aliphatic imine (C=N–C) groups is 1. The van der Waals surface area contributed by atoms with Crippen LogP contribution < -0.4 is 16.0 Å². The number of carbonyl (C=O) groups is 1. The molecule has 1 atom stereocenters. The van der Waals surface area contributed by atoms with Crippen molar-refractivity contribution in [3.63, 3.8) is 0 Å². The zero-order valence-electron chi connectivity index (χ0n) is 17.7. The fourth-order valence-electron chi connectivity index (χ4n) is 3.60. The molecule has 1 amide bonds. The molecule has 1 aliphatic heterocycles. The van der Waals surface area contributed by atoms with Gasteiger partial charge in [-0.15, -0.1) is 0 Å². The number of ether oxygens (including phenoxy) is 1. The Morgan fingerprint density at radius 2 is 1.87 bits per heavy atom. The summed E-state index contributed by atoms with van der Waals surface area (Å²) in [6, 6.07) is 18.4. The van der Waals surface area contributed by atoms with E-state index >= 15 is 0 Å². The molecule has 0 spiro atoms. The lowest BCUT2D eigenvalue weighted by atomic mass is 9.90. The highest BCUT2D eigenvalue weighted by atomic mass is 16.5. The van der Waals surface area contributed by atoms with Crippen LogP contribution in [0.4, 0.5) is 5.69 Å². The predicted molar refractivity (Wildman–Crippen MR) is 122 cm³/mol. The lowest BCUT2D eigenvalue weighted by molar-refractivity contribution is -0.116. The van der Waals surface area contributed by atoms with Gasteiger partial charge in [0, 0.05) is 44.8 Å². The molecule has 0 aliphatic carbocycles. The third-order valence-electron chi connectivity index (χ3n) is 5.23. The third-order valence-corrected chi connectivity index (χ3v) is 5.23. The topological polar surface area (TPSA) is 74.8 Å². The van der Waals surface area contributed by atoms with Crippen LogP contribution in [0, 0.1) is 0 Å². The minimum absolute atomic E-state index is 0.0655. The average Bonchev–Trinajstić information content (AvgIpc) is 2.78. The van der Waals surface area contributed by atoms with Gasteiger partial charge in [0.2, 0.25) is 5.91 Å². The number of fused-ring (bicyclic) bond motifs is 1. The summed E-state index contributed by atoms with van der Waals surface area (Å²) >= 11 is 0. The van der Waals surface area contributed by atoms with Crippen molar-refractivity contribution in [3.8, 4) is 0 Å². The summed E-state index contributed by atoms with van der Waals surface area (Å²) in [4.78, 5) is 16.2. The van der Waals surface area contributed by atoms with Gasteiger partial charge in [0.15, 0.2) is 5.96 Å². The highest BCUT2D eigenvalue weighted by Gasteiger charge is 2.24. The van der Waals surface area contributed by atoms with Crippen LogP contribution in [0.1, 0.15) is 36.3 Å². The maximum Gasteiger partial charge on any atom is 0.225 e. The number of carbonyl (C=O) groups excluding carboxylic acids is 1. The lowest BCUT2D eigenvalue weighted by Crippen LogP contribution is -2.41. The molecule has 0 saturated heterocycles. The first-order chi connectivity index (χ1) is 14.8. The number of guanidine groups is 1. The minimum Gasteiger partial charge on any atom is -0.381 e. The number of hydrogen-bond donors (Lipinski definition) is 3. The molecule has 6 heteroatoms. The molecule has 1 heterocycles. The lowest BCUT2D eigenvalue weighted by Gasteiger charge is -2.26. The number of anilines is 1. The van der Waals surface area contributed by atoms with E-state index in [0.717, 1.165) is 50.7 Å². The molecule has 0 fully saturated rings. The summed E-state index contributed by atoms with van der Waals surface area (Å²) in [5.41, 5.74) is 3.40. The molecular weight excluding hydrogens is 376 g/mol. The molecule has 2 aromatic rings. The van der Waals surface area contributed by atoms with Gasteiger partial charge in [-0.1, -0.05) is 48.5 Å². The average molecular weight is 409 g/mol. The van der Waals surface area contributed by atoms with E-state index in [0.29, 0.717) is 13.0 Å². The standard InChI is InChI=1S/C24H32N4O2/c1-25-24(26-14-7-8-15-30-16-13-19-9-3-2-4-10-19)27-18-20-17-23(29)28-22-12-6-5-11-21(20)22/h2-6,9-12,20H,7-8,13-18H2,1H3,(H,28,29)(H2,25,26,27). The molecule has 2 aromatic carbocycles. The van der Waals surface area contributed by atoms with Crippen molar-refractivity contribution in [2.75, 3.05) is 38.7 Å². The summed E-state index contributed by atoms with van der Waals surface area (Å²) in [5, 5.41) is 9.64. The van der Waals surface area contributed by atoms with E-state index in [4.69, 9.17) is 4.74 Å². The normalized spacial score (nSPS) is 16.0. The fourth-order valence-corrected chi connectivity index (χ4v) is 3.60. The van der Waals surface area contributed by atoms with Crippen molar-refractivity contribution < 1.29 is 9.53 Å². The van der Waals surface area contributed by atoms with Crippen LogP contribution in [0.15, 0.2) is 59.6 Å². The molecule has 0 radical (unpaired) electrons. The number of nitrogens with one attached hydrogen (secondary N) is 3. The molecule has 0 saturated carbocycles. The summed E-state index contributed by atoms with van der Waals surface area (Å²) in [7, 11) is 1.77. The van der Waals surface area contributed by atoms with Gasteiger partial charge in [0.1, 0.15) is 0 Å². The van der Waals surface area contributed by atoms with E-state index in [9.17, 15) is 4.79 Å². The number of unbranched alkanes of at least 4 members (excludes halogenated alkanes) is 1. The summed E-state index contributed by atoms with van der Waals surface area (Å²) in [6.07, 6.45) is 3.47. The summed E-state index contributed by atoms with van der Waals surface area (Å²) in [5.74, 6) is 0.977. The van der Waals surface area contributed by atoms with Gasteiger partial charge in [0.25, 0.3) is 0 Å². The van der Waals surface area contributed by atoms with Gasteiger partial charge in [-0.25, -0.2) is 0 Å². The molecule has 1 unspecified atom stereocenters. The number of amides is 1. The van der Waals surface area contributed by atoms with Crippen LogP contribution in [-0.4, -0.2) is 45.2 Å². The first kappa shape index (κ1) is 21.8. The zero-order valence-corrected chi connectivity index (χ0v) is 17.7. The predicted octanol–water partition coefficient (Wildman–Crippen LogP) is 3.32. The smallest absolute Gasteiger partial charge is 0.225 e. The van der Waals surface area contributed by atoms with Gasteiger partial charge < -0.3 is 20.7 Å². The minimum atomic E-state index is 0.0655. The van der Waals surface area contributed by atoms with Crippen LogP contribution in [0.25, 0.3) is 0 Å². The number of nitrogens with zero attached hydrogens (tertiary/aromatic N) is 1. The highest BCUT2D eigenvalue weighted by molar-refractivity contribution is 5.94. The molecule has 3 N–H and O–H groups in total. The molecule has 1 aliphatic rings. The first-order valence-corrected chi connectivity index (χ1v) is 10.7. The summed E-state index contributed by atoms with van der Waals surface area (Å²) in [6.45, 7) is 3.04. The Balaban J connectivity index is 1.29. The van der Waals surface area contributed by atoms with Crippen molar-refractivity contribution in [2.24, 2.45) is 4.99 Å². The first-order valence-electron chi connectivity index (χ1n) is 10.7. The second-order valence-electron chi connectivity index (χ2n) is 7.47. The molecule has 30 heavy (non-hydrogen) atoms. The van der Waals surface area contributed by atoms with Gasteiger partial charge in [-0.3, -0.25) is 9.79 Å². The Labute approximate surface area is 179 Å². The zero-order chi connectivity index (χ0) is 21.0. The van der Waals surface area contributed by atoms with Crippen molar-refractivity contribution in [1.82, 2.24) is 10.6 Å². The monoisotopic (exact) mass is 408 g/mol. The Bertz CT molecular complexity index is 823. The van der Waals surface area contributed by atoms with E-state index in [1.807, 2.05) is 24.3 Å². The van der Waals surface area contributed by atoms with Crippen LogP contribution in [-0.2, 0) is 16.0 Å². The quantitative estimate of drug-likeness (QED) is 0.320. The van der Waals surface area contributed by atoms with E-state index in [-0.39, 0.29) is 11.8 Å². The van der Waals surface area contributed by atoms with E-state index < -0.39 is 0 Å².